The average molecular weight is 274 g/mol. The first-order chi connectivity index (χ1) is 9.78. The summed E-state index contributed by atoms with van der Waals surface area (Å²) >= 11 is 0. The number of aromatic nitrogens is 2. The number of piperidine rings is 1. The Hall–Kier alpha value is -1.95. The fourth-order valence-electron chi connectivity index (χ4n) is 2.49. The zero-order valence-corrected chi connectivity index (χ0v) is 11.5. The van der Waals surface area contributed by atoms with E-state index >= 15 is 0 Å². The van der Waals surface area contributed by atoms with Crippen molar-refractivity contribution in [1.82, 2.24) is 20.8 Å². The van der Waals surface area contributed by atoms with Gasteiger partial charge in [0.2, 0.25) is 0 Å². The lowest BCUT2D eigenvalue weighted by molar-refractivity contribution is 0.0929. The summed E-state index contributed by atoms with van der Waals surface area (Å²) in [5.74, 6) is -0.0745. The SMILES string of the molecule is CCc1noc2ncc(C(=O)NC3CCNCC3)cc12. The standard InChI is InChI=1S/C14H18N4O2/c1-2-12-11-7-9(8-16-14(11)20-18-12)13(19)17-10-3-5-15-6-4-10/h7-8,10,15H,2-6H2,1H3,(H,17,19). The van der Waals surface area contributed by atoms with Crippen LogP contribution >= 0.6 is 0 Å². The van der Waals surface area contributed by atoms with E-state index < -0.39 is 0 Å². The van der Waals surface area contributed by atoms with Crippen LogP contribution in [-0.2, 0) is 6.42 Å². The van der Waals surface area contributed by atoms with E-state index in [4.69, 9.17) is 4.52 Å². The van der Waals surface area contributed by atoms with Crippen molar-refractivity contribution in [2.75, 3.05) is 13.1 Å². The fourth-order valence-corrected chi connectivity index (χ4v) is 2.49. The molecule has 1 amide bonds. The molecule has 1 aliphatic heterocycles. The van der Waals surface area contributed by atoms with E-state index in [1.54, 1.807) is 6.20 Å². The van der Waals surface area contributed by atoms with E-state index in [-0.39, 0.29) is 11.9 Å². The minimum absolute atomic E-state index is 0.0745. The number of hydrogen-bond acceptors (Lipinski definition) is 5. The summed E-state index contributed by atoms with van der Waals surface area (Å²) in [6, 6.07) is 2.06. The van der Waals surface area contributed by atoms with Crippen LogP contribution in [0.3, 0.4) is 0 Å². The average Bonchev–Trinajstić information content (AvgIpc) is 2.90. The maximum Gasteiger partial charge on any atom is 0.257 e. The molecule has 0 aliphatic carbocycles. The second-order valence-corrected chi connectivity index (χ2v) is 5.06. The van der Waals surface area contributed by atoms with Crippen LogP contribution in [0.25, 0.3) is 11.1 Å². The van der Waals surface area contributed by atoms with Gasteiger partial charge >= 0.3 is 0 Å². The van der Waals surface area contributed by atoms with Crippen molar-refractivity contribution >= 4 is 17.0 Å². The largest absolute Gasteiger partial charge is 0.349 e. The van der Waals surface area contributed by atoms with Crippen molar-refractivity contribution in [3.63, 3.8) is 0 Å². The van der Waals surface area contributed by atoms with Gasteiger partial charge in [0.15, 0.2) is 0 Å². The zero-order chi connectivity index (χ0) is 13.9. The number of rotatable bonds is 3. The third-order valence-electron chi connectivity index (χ3n) is 3.68. The second-order valence-electron chi connectivity index (χ2n) is 5.06. The van der Waals surface area contributed by atoms with Gasteiger partial charge in [-0.1, -0.05) is 12.1 Å². The first kappa shape index (κ1) is 13.1. The van der Waals surface area contributed by atoms with Crippen molar-refractivity contribution in [2.45, 2.75) is 32.2 Å². The molecular weight excluding hydrogens is 256 g/mol. The third kappa shape index (κ3) is 2.51. The van der Waals surface area contributed by atoms with Crippen LogP contribution in [0.1, 0.15) is 35.8 Å². The molecule has 0 bridgehead atoms. The van der Waals surface area contributed by atoms with Crippen LogP contribution in [0, 0.1) is 0 Å². The molecule has 2 aromatic heterocycles. The molecule has 0 spiro atoms. The molecule has 106 valence electrons. The Morgan fingerprint density at radius 3 is 3.05 bits per heavy atom. The molecule has 1 saturated heterocycles. The number of aryl methyl sites for hydroxylation is 1. The Morgan fingerprint density at radius 1 is 1.50 bits per heavy atom. The lowest BCUT2D eigenvalue weighted by Gasteiger charge is -2.23. The summed E-state index contributed by atoms with van der Waals surface area (Å²) in [7, 11) is 0. The van der Waals surface area contributed by atoms with Gasteiger partial charge < -0.3 is 15.2 Å². The maximum absolute atomic E-state index is 12.3. The zero-order valence-electron chi connectivity index (χ0n) is 11.5. The van der Waals surface area contributed by atoms with Crippen molar-refractivity contribution in [3.8, 4) is 0 Å². The van der Waals surface area contributed by atoms with Crippen molar-refractivity contribution in [2.24, 2.45) is 0 Å². The van der Waals surface area contributed by atoms with Gasteiger partial charge in [-0.05, 0) is 38.4 Å². The van der Waals surface area contributed by atoms with Crippen molar-refractivity contribution in [3.05, 3.63) is 23.5 Å². The minimum atomic E-state index is -0.0745. The number of nitrogens with zero attached hydrogens (tertiary/aromatic N) is 2. The summed E-state index contributed by atoms with van der Waals surface area (Å²) in [6.45, 7) is 3.90. The summed E-state index contributed by atoms with van der Waals surface area (Å²) in [5.41, 5.74) is 1.89. The van der Waals surface area contributed by atoms with Crippen LogP contribution < -0.4 is 10.6 Å². The molecule has 20 heavy (non-hydrogen) atoms. The molecule has 6 nitrogen and oxygen atoms in total. The molecule has 3 heterocycles. The van der Waals surface area contributed by atoms with Crippen LogP contribution in [-0.4, -0.2) is 35.2 Å². The number of carbonyl (C=O) groups is 1. The van der Waals surface area contributed by atoms with E-state index in [1.165, 1.54) is 0 Å². The number of fused-ring (bicyclic) bond motifs is 1. The molecular formula is C14H18N4O2. The highest BCUT2D eigenvalue weighted by atomic mass is 16.5. The van der Waals surface area contributed by atoms with Crippen LogP contribution in [0.5, 0.6) is 0 Å². The topological polar surface area (TPSA) is 80.0 Å². The number of nitrogens with one attached hydrogen (secondary N) is 2. The van der Waals surface area contributed by atoms with Gasteiger partial charge in [-0.15, -0.1) is 0 Å². The van der Waals surface area contributed by atoms with Gasteiger partial charge in [0, 0.05) is 12.2 Å². The number of carbonyl (C=O) groups excluding carboxylic acids is 1. The Labute approximate surface area is 116 Å². The number of hydrogen-bond donors (Lipinski definition) is 2. The van der Waals surface area contributed by atoms with Gasteiger partial charge in [0.05, 0.1) is 16.6 Å². The van der Waals surface area contributed by atoms with Gasteiger partial charge in [0.25, 0.3) is 11.6 Å². The summed E-state index contributed by atoms with van der Waals surface area (Å²) < 4.78 is 5.12. The molecule has 1 fully saturated rings. The van der Waals surface area contributed by atoms with E-state index in [0.29, 0.717) is 11.3 Å². The molecule has 0 atom stereocenters. The minimum Gasteiger partial charge on any atom is -0.349 e. The predicted molar refractivity (Wildman–Crippen MR) is 74.5 cm³/mol. The van der Waals surface area contributed by atoms with Crippen LogP contribution in [0.4, 0.5) is 0 Å². The first-order valence-corrected chi connectivity index (χ1v) is 7.04. The van der Waals surface area contributed by atoms with Crippen molar-refractivity contribution in [1.29, 1.82) is 0 Å². The molecule has 0 saturated carbocycles. The van der Waals surface area contributed by atoms with E-state index in [9.17, 15) is 4.79 Å². The van der Waals surface area contributed by atoms with Gasteiger partial charge in [-0.3, -0.25) is 4.79 Å². The normalized spacial score (nSPS) is 16.4. The quantitative estimate of drug-likeness (QED) is 0.881. The number of pyridine rings is 1. The van der Waals surface area contributed by atoms with Gasteiger partial charge in [0.1, 0.15) is 0 Å². The van der Waals surface area contributed by atoms with E-state index in [2.05, 4.69) is 20.8 Å². The summed E-state index contributed by atoms with van der Waals surface area (Å²) in [5, 5.41) is 11.1. The molecule has 0 radical (unpaired) electrons. The monoisotopic (exact) mass is 274 g/mol. The Balaban J connectivity index is 1.79. The summed E-state index contributed by atoms with van der Waals surface area (Å²) in [4.78, 5) is 16.4. The fraction of sp³-hybridized carbons (Fsp3) is 0.500. The molecule has 2 aromatic rings. The Morgan fingerprint density at radius 2 is 2.30 bits per heavy atom. The highest BCUT2D eigenvalue weighted by Gasteiger charge is 2.18. The lowest BCUT2D eigenvalue weighted by Crippen LogP contribution is -2.42. The van der Waals surface area contributed by atoms with E-state index in [1.807, 2.05) is 13.0 Å². The van der Waals surface area contributed by atoms with Crippen LogP contribution in [0.15, 0.2) is 16.8 Å². The predicted octanol–water partition coefficient (Wildman–Crippen LogP) is 1.27. The van der Waals surface area contributed by atoms with Gasteiger partial charge in [-0.2, -0.15) is 0 Å². The smallest absolute Gasteiger partial charge is 0.257 e. The molecule has 3 rings (SSSR count). The lowest BCUT2D eigenvalue weighted by atomic mass is 10.1. The van der Waals surface area contributed by atoms with Gasteiger partial charge in [-0.25, -0.2) is 4.98 Å². The first-order valence-electron chi connectivity index (χ1n) is 7.04. The summed E-state index contributed by atoms with van der Waals surface area (Å²) in [6.07, 6.45) is 4.24. The third-order valence-corrected chi connectivity index (χ3v) is 3.68. The maximum atomic E-state index is 12.3. The molecule has 1 aliphatic rings. The highest BCUT2D eigenvalue weighted by molar-refractivity contribution is 5.97. The molecule has 0 aromatic carbocycles. The molecule has 2 N–H and O–H groups in total. The van der Waals surface area contributed by atoms with E-state index in [0.717, 1.165) is 43.4 Å². The Kier molecular flexibility index (Phi) is 3.64. The second kappa shape index (κ2) is 5.58. The molecule has 6 heteroatoms. The Bertz CT molecular complexity index is 617. The highest BCUT2D eigenvalue weighted by Crippen LogP contribution is 2.18. The van der Waals surface area contributed by atoms with Crippen LogP contribution in [0.2, 0.25) is 0 Å². The molecule has 0 unspecified atom stereocenters. The number of amides is 1. The van der Waals surface area contributed by atoms with Crippen molar-refractivity contribution < 1.29 is 9.32 Å².